The number of carbonyl (C=O) groups is 3. The Morgan fingerprint density at radius 2 is 0.871 bits per heavy atom. The molecular formula is C68H63BBrCl2LiN8O9S3. The molecule has 3 fully saturated rings. The number of aliphatic carboxylic acids is 1. The zero-order valence-corrected chi connectivity index (χ0v) is 56.7. The van der Waals surface area contributed by atoms with Crippen LogP contribution in [0.1, 0.15) is 80.0 Å². The van der Waals surface area contributed by atoms with E-state index >= 15 is 0 Å². The number of nitrogens with zero attached hydrogens (tertiary/aromatic N) is 8. The van der Waals surface area contributed by atoms with E-state index in [1.165, 1.54) is 38.5 Å². The van der Waals surface area contributed by atoms with Crippen molar-refractivity contribution in [3.63, 3.8) is 0 Å². The summed E-state index contributed by atoms with van der Waals surface area (Å²) in [7, 11) is 1.41. The number of rotatable bonds is 17. The van der Waals surface area contributed by atoms with E-state index in [0.717, 1.165) is 103 Å². The first kappa shape index (κ1) is 77.9. The predicted octanol–water partition coefficient (Wildman–Crippen LogP) is 11.1. The molecule has 0 atom stereocenters. The number of esters is 2. The molecule has 4 aromatic heterocycles. The number of carbonyl (C=O) groups excluding carboxylic acids is 2. The normalized spacial score (nSPS) is 13.0. The fourth-order valence-electron chi connectivity index (χ4n) is 8.50. The van der Waals surface area contributed by atoms with Gasteiger partial charge in [0.1, 0.15) is 0 Å². The van der Waals surface area contributed by atoms with Gasteiger partial charge in [0, 0.05) is 87.6 Å². The minimum Gasteiger partial charge on any atom is -0.870 e. The van der Waals surface area contributed by atoms with Crippen molar-refractivity contribution < 1.29 is 63.3 Å². The van der Waals surface area contributed by atoms with Crippen molar-refractivity contribution in [2.24, 2.45) is 16.2 Å². The number of methoxy groups -OCH3 is 2. The van der Waals surface area contributed by atoms with Gasteiger partial charge in [0.05, 0.1) is 94.5 Å². The number of ether oxygens (including phenoxy) is 2. The quantitative estimate of drug-likeness (QED) is 0.0285. The van der Waals surface area contributed by atoms with Gasteiger partial charge in [-0.1, -0.05) is 71.7 Å². The number of halogens is 3. The molecule has 4 heterocycles. The number of carboxylic acid groups (broad SMARTS) is 1. The molecule has 8 aromatic rings. The first-order valence-corrected chi connectivity index (χ1v) is 32.3. The maximum Gasteiger partial charge on any atom is 1.00 e. The van der Waals surface area contributed by atoms with Gasteiger partial charge in [-0.05, 0) is 171 Å². The molecule has 3 saturated carbocycles. The van der Waals surface area contributed by atoms with Crippen LogP contribution in [0.2, 0.25) is 10.0 Å². The van der Waals surface area contributed by atoms with E-state index in [1.54, 1.807) is 97.1 Å². The van der Waals surface area contributed by atoms with Crippen LogP contribution in [0.3, 0.4) is 0 Å². The number of benzene rings is 4. The SMILES string of the molecule is COC(=O)CC1(CS)CC1.COC(=O)CC1(CSc2ccncc2-c2ccc(C#N)cc2)CC1.Clc1ccncc1Br.N#Cc1ccc(-c2cnccc2Cl)cc1.N#Cc1ccc(-c2cnccc2SCC2(CC(=O)O)CC2)cc1.N#Cc1ccc(B(O)O)cc1.[Li+].[OH-]. The third-order valence-corrected chi connectivity index (χ3v) is 19.7. The second kappa shape index (κ2) is 39.3. The fraction of sp³-hybridized carbons (Fsp3) is 0.250. The molecular weight excluding hydrogens is 1340 g/mol. The summed E-state index contributed by atoms with van der Waals surface area (Å²) in [6.45, 7) is 0. The summed E-state index contributed by atoms with van der Waals surface area (Å²) in [5, 5.41) is 62.6. The summed E-state index contributed by atoms with van der Waals surface area (Å²) >= 11 is 22.5. The van der Waals surface area contributed by atoms with Crippen molar-refractivity contribution in [3.05, 3.63) is 208 Å². The smallest absolute Gasteiger partial charge is 0.870 e. The molecule has 4 N–H and O–H groups in total. The number of hydrogen-bond acceptors (Lipinski definition) is 19. The average Bonchev–Trinajstić information content (AvgIpc) is 1.79. The van der Waals surface area contributed by atoms with Crippen LogP contribution in [0.15, 0.2) is 185 Å². The standard InChI is InChI=1S/C19H18N2O2S.C18H16N2O2S.C12H7ClN2.C7H6BNO2.C7H12O2S.C5H3BrClN.Li.H2O/c1-23-18(22)10-19(7-8-19)13-24-17-6-9-21-12-16(17)15-4-2-14(11-20)3-5-15;19-10-13-1-3-14(4-2-13)15-11-20-8-5-16(15)23-12-18(6-7-18)9-17(21)22;13-12-5-6-15-8-11(12)10-3-1-9(7-14)2-4-10;9-5-6-1-3-7(4-2-6)8(10)11;1-9-6(8)4-7(5-10)2-3-7;6-4-3-8-2-1-5(4)7;;/h2-6,9,12H,7-8,10,13H2,1H3;1-5,8,11H,6-7,9,12H2,(H,21,22);1-6,8H;1-4,10-11H;10H,2-5H2,1H3;1-3H;;1H2/q;;;;;;+1;/p-1. The Labute approximate surface area is 586 Å². The molecule has 11 rings (SSSR count). The van der Waals surface area contributed by atoms with E-state index in [2.05, 4.69) is 71.4 Å². The number of carboxylic acids is 1. The molecule has 472 valence electrons. The molecule has 93 heavy (non-hydrogen) atoms. The summed E-state index contributed by atoms with van der Waals surface area (Å²) in [5.41, 5.74) is 9.05. The Bertz CT molecular complexity index is 3890. The van der Waals surface area contributed by atoms with Crippen LogP contribution < -0.4 is 24.3 Å². The maximum atomic E-state index is 11.6. The minimum atomic E-state index is -1.46. The summed E-state index contributed by atoms with van der Waals surface area (Å²) in [4.78, 5) is 51.8. The molecule has 0 saturated heterocycles. The van der Waals surface area contributed by atoms with Crippen molar-refractivity contribution in [2.45, 2.75) is 67.6 Å². The van der Waals surface area contributed by atoms with Crippen molar-refractivity contribution in [3.8, 4) is 57.7 Å². The molecule has 17 nitrogen and oxygen atoms in total. The second-order valence-corrected chi connectivity index (χ2v) is 25.4. The van der Waals surface area contributed by atoms with Gasteiger partial charge in [-0.25, -0.2) is 0 Å². The van der Waals surface area contributed by atoms with Crippen LogP contribution in [-0.4, -0.2) is 97.1 Å². The van der Waals surface area contributed by atoms with Crippen LogP contribution in [0, 0.1) is 61.6 Å². The summed E-state index contributed by atoms with van der Waals surface area (Å²) < 4.78 is 10.2. The fourth-order valence-corrected chi connectivity index (χ4v) is 12.2. The molecule has 4 aromatic carbocycles. The van der Waals surface area contributed by atoms with Gasteiger partial charge in [0.25, 0.3) is 0 Å². The van der Waals surface area contributed by atoms with E-state index in [0.29, 0.717) is 50.6 Å². The van der Waals surface area contributed by atoms with Crippen molar-refractivity contribution in [1.29, 1.82) is 21.0 Å². The van der Waals surface area contributed by atoms with Crippen LogP contribution >= 0.6 is 75.3 Å². The van der Waals surface area contributed by atoms with E-state index < -0.39 is 13.1 Å². The molecule has 0 amide bonds. The number of hydrogen-bond donors (Lipinski definition) is 4. The average molecular weight is 1400 g/mol. The van der Waals surface area contributed by atoms with E-state index in [1.807, 2.05) is 79.1 Å². The molecule has 0 aliphatic heterocycles. The second-order valence-electron chi connectivity index (χ2n) is 21.4. The Balaban J connectivity index is 0.000000247. The third kappa shape index (κ3) is 25.7. The van der Waals surface area contributed by atoms with E-state index in [-0.39, 0.29) is 58.9 Å². The first-order chi connectivity index (χ1) is 43.8. The summed E-state index contributed by atoms with van der Waals surface area (Å²) in [5.74, 6) is 1.57. The Morgan fingerprint density at radius 3 is 1.18 bits per heavy atom. The molecule has 3 aliphatic rings. The molecule has 0 unspecified atom stereocenters. The van der Waals surface area contributed by atoms with Crippen LogP contribution in [0.5, 0.6) is 0 Å². The van der Waals surface area contributed by atoms with Gasteiger partial charge in [-0.15, -0.1) is 23.5 Å². The molecule has 3 aliphatic carbocycles. The topological polar surface area (TPSA) is 307 Å². The van der Waals surface area contributed by atoms with E-state index in [9.17, 15) is 14.4 Å². The predicted molar refractivity (Wildman–Crippen MR) is 364 cm³/mol. The monoisotopic (exact) mass is 1400 g/mol. The Kier molecular flexibility index (Phi) is 32.9. The van der Waals surface area contributed by atoms with Gasteiger partial charge >= 0.3 is 43.9 Å². The zero-order valence-electron chi connectivity index (χ0n) is 51.0. The van der Waals surface area contributed by atoms with Gasteiger partial charge in [0.15, 0.2) is 0 Å². The Hall–Kier alpha value is -7.50. The van der Waals surface area contributed by atoms with Gasteiger partial charge < -0.3 is 30.1 Å². The largest absolute Gasteiger partial charge is 1.00 e. The first-order valence-electron chi connectivity index (χ1n) is 28.2. The number of thioether (sulfide) groups is 2. The van der Waals surface area contributed by atoms with Crippen molar-refractivity contribution >= 4 is 106 Å². The van der Waals surface area contributed by atoms with Crippen LogP contribution in [0.4, 0.5) is 0 Å². The molecule has 0 bridgehead atoms. The van der Waals surface area contributed by atoms with Gasteiger partial charge in [-0.2, -0.15) is 33.7 Å². The molecule has 25 heteroatoms. The van der Waals surface area contributed by atoms with Crippen molar-refractivity contribution in [1.82, 2.24) is 19.9 Å². The third-order valence-electron chi connectivity index (χ3n) is 14.7. The minimum absolute atomic E-state index is 0. The summed E-state index contributed by atoms with van der Waals surface area (Å²) in [6, 6.07) is 44.0. The van der Waals surface area contributed by atoms with E-state index in [4.69, 9.17) is 64.1 Å². The Morgan fingerprint density at radius 1 is 0.538 bits per heavy atom. The van der Waals surface area contributed by atoms with Crippen molar-refractivity contribution in [2.75, 3.05) is 31.5 Å². The van der Waals surface area contributed by atoms with Gasteiger partial charge in [-0.3, -0.25) is 34.3 Å². The summed E-state index contributed by atoms with van der Waals surface area (Å²) in [6.07, 6.45) is 21.6. The number of pyridine rings is 4. The zero-order chi connectivity index (χ0) is 65.8. The van der Waals surface area contributed by atoms with Crippen LogP contribution in [-0.2, 0) is 23.9 Å². The van der Waals surface area contributed by atoms with Crippen LogP contribution in [0.25, 0.3) is 33.4 Å². The van der Waals surface area contributed by atoms with Gasteiger partial charge in [0.2, 0.25) is 0 Å². The number of nitriles is 4. The number of thiol groups is 1. The number of aromatic nitrogens is 4. The molecule has 0 radical (unpaired) electrons. The molecule has 0 spiro atoms. The maximum absolute atomic E-state index is 11.6.